The highest BCUT2D eigenvalue weighted by Crippen LogP contribution is 2.16. The number of fused-ring (bicyclic) bond motifs is 1. The first-order valence-electron chi connectivity index (χ1n) is 8.06. The van der Waals surface area contributed by atoms with Crippen molar-refractivity contribution in [1.29, 1.82) is 0 Å². The number of carbonyl (C=O) groups excluding carboxylic acids is 1. The summed E-state index contributed by atoms with van der Waals surface area (Å²) in [5.74, 6) is -0.258. The minimum absolute atomic E-state index is 0. The van der Waals surface area contributed by atoms with E-state index < -0.39 is 0 Å². The van der Waals surface area contributed by atoms with E-state index in [1.165, 1.54) is 0 Å². The molecule has 1 aromatic carbocycles. The quantitative estimate of drug-likeness (QED) is 0.495. The van der Waals surface area contributed by atoms with Gasteiger partial charge in [0.2, 0.25) is 0 Å². The van der Waals surface area contributed by atoms with Crippen molar-refractivity contribution in [2.45, 2.75) is 6.54 Å². The van der Waals surface area contributed by atoms with Gasteiger partial charge >= 0.3 is 0 Å². The lowest BCUT2D eigenvalue weighted by Gasteiger charge is -2.06. The molecule has 3 aromatic heterocycles. The summed E-state index contributed by atoms with van der Waals surface area (Å²) in [5.41, 5.74) is 9.83. The van der Waals surface area contributed by atoms with Gasteiger partial charge in [-0.25, -0.2) is 9.97 Å². The summed E-state index contributed by atoms with van der Waals surface area (Å²) in [5, 5.41) is 2.81. The zero-order chi connectivity index (χ0) is 17.9. The second-order valence-corrected chi connectivity index (χ2v) is 5.88. The third-order valence-electron chi connectivity index (χ3n) is 3.94. The highest BCUT2D eigenvalue weighted by Gasteiger charge is 2.11. The maximum atomic E-state index is 12.4. The third-order valence-corrected chi connectivity index (χ3v) is 3.94. The SMILES string of the molecule is Cl.Cl.Nc1cccc(NC(=O)c2cnc3c(c2)ncn3Cc2cccnc2)c1. The number of imidazole rings is 1. The molecule has 0 aliphatic rings. The van der Waals surface area contributed by atoms with E-state index >= 15 is 0 Å². The minimum Gasteiger partial charge on any atom is -0.399 e. The van der Waals surface area contributed by atoms with Crippen LogP contribution in [0.3, 0.4) is 0 Å². The molecule has 1 amide bonds. The fraction of sp³-hybridized carbons (Fsp3) is 0.0526. The van der Waals surface area contributed by atoms with Crippen LogP contribution >= 0.6 is 24.8 Å². The third kappa shape index (κ3) is 4.57. The number of amides is 1. The van der Waals surface area contributed by atoms with E-state index in [2.05, 4.69) is 20.3 Å². The molecule has 7 nitrogen and oxygen atoms in total. The molecule has 0 spiro atoms. The Kier molecular flexibility index (Phi) is 6.92. The van der Waals surface area contributed by atoms with Crippen LogP contribution in [0.1, 0.15) is 15.9 Å². The normalized spacial score (nSPS) is 10.0. The van der Waals surface area contributed by atoms with Gasteiger partial charge in [0.1, 0.15) is 5.52 Å². The molecule has 9 heteroatoms. The van der Waals surface area contributed by atoms with Crippen LogP contribution in [0.25, 0.3) is 11.2 Å². The van der Waals surface area contributed by atoms with Crippen LogP contribution in [0.5, 0.6) is 0 Å². The molecule has 0 aliphatic heterocycles. The van der Waals surface area contributed by atoms with E-state index in [-0.39, 0.29) is 30.7 Å². The van der Waals surface area contributed by atoms with Gasteiger partial charge in [-0.2, -0.15) is 0 Å². The molecule has 144 valence electrons. The summed E-state index contributed by atoms with van der Waals surface area (Å²) in [4.78, 5) is 25.3. The Morgan fingerprint density at radius 1 is 1.07 bits per heavy atom. The molecule has 0 saturated carbocycles. The van der Waals surface area contributed by atoms with Gasteiger partial charge in [0.15, 0.2) is 5.65 Å². The number of hydrogen-bond acceptors (Lipinski definition) is 5. The number of anilines is 2. The first-order valence-corrected chi connectivity index (χ1v) is 8.06. The first-order chi connectivity index (χ1) is 12.7. The van der Waals surface area contributed by atoms with Crippen LogP contribution < -0.4 is 11.1 Å². The number of carbonyl (C=O) groups is 1. The predicted octanol–water partition coefficient (Wildman–Crippen LogP) is 3.55. The number of nitrogen functional groups attached to an aromatic ring is 1. The largest absolute Gasteiger partial charge is 0.399 e. The van der Waals surface area contributed by atoms with Gasteiger partial charge < -0.3 is 15.6 Å². The standard InChI is InChI=1S/C19H16N6O.2ClH/c20-15-4-1-5-16(8-15)24-19(26)14-7-17-18(22-10-14)25(12-23-17)11-13-3-2-6-21-9-13;;/h1-10,12H,11,20H2,(H,24,26);2*1H. The first kappa shape index (κ1) is 21.1. The molecule has 0 saturated heterocycles. The van der Waals surface area contributed by atoms with Crippen LogP contribution in [0, 0.1) is 0 Å². The molecule has 4 aromatic rings. The van der Waals surface area contributed by atoms with Crippen molar-refractivity contribution in [2.24, 2.45) is 0 Å². The molecular weight excluding hydrogens is 399 g/mol. The lowest BCUT2D eigenvalue weighted by atomic mass is 10.2. The molecule has 0 fully saturated rings. The zero-order valence-corrected chi connectivity index (χ0v) is 16.3. The summed E-state index contributed by atoms with van der Waals surface area (Å²) in [6.07, 6.45) is 6.80. The summed E-state index contributed by atoms with van der Waals surface area (Å²) in [6, 6.07) is 12.6. The van der Waals surface area contributed by atoms with E-state index in [1.54, 1.807) is 55.2 Å². The van der Waals surface area contributed by atoms with Crippen LogP contribution in [0.2, 0.25) is 0 Å². The maximum absolute atomic E-state index is 12.4. The molecule has 0 radical (unpaired) electrons. The van der Waals surface area contributed by atoms with Gasteiger partial charge in [-0.3, -0.25) is 9.78 Å². The fourth-order valence-electron chi connectivity index (χ4n) is 2.70. The molecule has 28 heavy (non-hydrogen) atoms. The smallest absolute Gasteiger partial charge is 0.257 e. The van der Waals surface area contributed by atoms with E-state index in [1.807, 2.05) is 16.7 Å². The summed E-state index contributed by atoms with van der Waals surface area (Å²) >= 11 is 0. The van der Waals surface area contributed by atoms with Crippen molar-refractivity contribution in [2.75, 3.05) is 11.1 Å². The number of nitrogens with two attached hydrogens (primary N) is 1. The highest BCUT2D eigenvalue weighted by molar-refractivity contribution is 6.05. The van der Waals surface area contributed by atoms with Gasteiger partial charge in [0.05, 0.1) is 18.4 Å². The number of pyridine rings is 2. The Balaban J connectivity index is 0.00000140. The maximum Gasteiger partial charge on any atom is 0.257 e. The van der Waals surface area contributed by atoms with Crippen LogP contribution in [-0.2, 0) is 6.54 Å². The Labute approximate surface area is 173 Å². The lowest BCUT2D eigenvalue weighted by Crippen LogP contribution is -2.12. The predicted molar refractivity (Wildman–Crippen MR) is 114 cm³/mol. The highest BCUT2D eigenvalue weighted by atomic mass is 35.5. The molecule has 3 heterocycles. The van der Waals surface area contributed by atoms with E-state index in [0.717, 1.165) is 5.56 Å². The minimum atomic E-state index is -0.258. The number of nitrogens with one attached hydrogen (secondary N) is 1. The lowest BCUT2D eigenvalue weighted by molar-refractivity contribution is 0.102. The summed E-state index contributed by atoms with van der Waals surface area (Å²) in [7, 11) is 0. The Morgan fingerprint density at radius 3 is 2.68 bits per heavy atom. The summed E-state index contributed by atoms with van der Waals surface area (Å²) in [6.45, 7) is 0.617. The molecule has 0 aliphatic carbocycles. The average molecular weight is 417 g/mol. The van der Waals surface area contributed by atoms with E-state index in [0.29, 0.717) is 34.6 Å². The van der Waals surface area contributed by atoms with Gasteiger partial charge in [-0.1, -0.05) is 12.1 Å². The van der Waals surface area contributed by atoms with Crippen LogP contribution in [-0.4, -0.2) is 25.4 Å². The monoisotopic (exact) mass is 416 g/mol. The van der Waals surface area contributed by atoms with Crippen LogP contribution in [0.4, 0.5) is 11.4 Å². The number of aromatic nitrogens is 4. The Morgan fingerprint density at radius 2 is 1.93 bits per heavy atom. The van der Waals surface area contributed by atoms with Crippen molar-refractivity contribution in [3.63, 3.8) is 0 Å². The van der Waals surface area contributed by atoms with Crippen molar-refractivity contribution in [3.8, 4) is 0 Å². The topological polar surface area (TPSA) is 98.7 Å². The van der Waals surface area contributed by atoms with E-state index in [9.17, 15) is 4.79 Å². The Bertz CT molecular complexity index is 1080. The fourth-order valence-corrected chi connectivity index (χ4v) is 2.70. The molecule has 0 bridgehead atoms. The molecule has 4 rings (SSSR count). The second-order valence-electron chi connectivity index (χ2n) is 5.88. The zero-order valence-electron chi connectivity index (χ0n) is 14.6. The number of benzene rings is 1. The second kappa shape index (κ2) is 9.16. The van der Waals surface area contributed by atoms with Gasteiger partial charge in [-0.05, 0) is 35.9 Å². The molecule has 3 N–H and O–H groups in total. The number of halogens is 2. The van der Waals surface area contributed by atoms with Gasteiger partial charge in [0.25, 0.3) is 5.91 Å². The molecule has 0 unspecified atom stereocenters. The van der Waals surface area contributed by atoms with Crippen molar-refractivity contribution in [1.82, 2.24) is 19.5 Å². The molecular formula is C19H18Cl2N6O. The average Bonchev–Trinajstić information content (AvgIpc) is 3.05. The summed E-state index contributed by atoms with van der Waals surface area (Å²) < 4.78 is 1.92. The number of rotatable bonds is 4. The van der Waals surface area contributed by atoms with Crippen molar-refractivity contribution >= 4 is 53.3 Å². The van der Waals surface area contributed by atoms with Crippen molar-refractivity contribution < 1.29 is 4.79 Å². The Hall–Kier alpha value is -3.16. The van der Waals surface area contributed by atoms with E-state index in [4.69, 9.17) is 5.73 Å². The molecule has 0 atom stereocenters. The number of hydrogen-bond donors (Lipinski definition) is 2. The van der Waals surface area contributed by atoms with Crippen LogP contribution in [0.15, 0.2) is 67.4 Å². The number of nitrogens with zero attached hydrogens (tertiary/aromatic N) is 4. The van der Waals surface area contributed by atoms with Gasteiger partial charge in [0, 0.05) is 30.0 Å². The van der Waals surface area contributed by atoms with Crippen molar-refractivity contribution in [3.05, 3.63) is 78.5 Å². The van der Waals surface area contributed by atoms with Gasteiger partial charge in [-0.15, -0.1) is 24.8 Å².